The minimum atomic E-state index is 0.654. The monoisotopic (exact) mass is 344 g/mol. The Hall–Kier alpha value is -2.11. The van der Waals surface area contributed by atoms with Crippen LogP contribution in [-0.4, -0.2) is 32.4 Å². The molecule has 0 saturated heterocycles. The number of thiocarbonyl (C=S) groups is 1. The van der Waals surface area contributed by atoms with Crippen molar-refractivity contribution in [1.29, 1.82) is 0 Å². The maximum Gasteiger partial charge on any atom is 0.170 e. The van der Waals surface area contributed by atoms with E-state index in [9.17, 15) is 0 Å². The van der Waals surface area contributed by atoms with Gasteiger partial charge in [-0.2, -0.15) is 0 Å². The first-order valence-corrected chi connectivity index (χ1v) is 8.62. The predicted octanol–water partition coefficient (Wildman–Crippen LogP) is 2.09. The minimum Gasteiger partial charge on any atom is -0.497 e. The zero-order chi connectivity index (χ0) is 17.2. The van der Waals surface area contributed by atoms with Crippen molar-refractivity contribution in [1.82, 2.24) is 5.32 Å². The molecule has 0 radical (unpaired) electrons. The van der Waals surface area contributed by atoms with E-state index < -0.39 is 0 Å². The van der Waals surface area contributed by atoms with Crippen LogP contribution in [0.3, 0.4) is 0 Å². The van der Waals surface area contributed by atoms with Crippen LogP contribution in [0.4, 0.5) is 5.69 Å². The lowest BCUT2D eigenvalue weighted by Crippen LogP contribution is -3.07. The van der Waals surface area contributed by atoms with Gasteiger partial charge in [-0.15, -0.1) is 0 Å². The fraction of sp³-hybridized carbons (Fsp3) is 0.316. The van der Waals surface area contributed by atoms with Gasteiger partial charge in [-0.25, -0.2) is 0 Å². The lowest BCUT2D eigenvalue weighted by Gasteiger charge is -2.15. The summed E-state index contributed by atoms with van der Waals surface area (Å²) in [6.45, 7) is 3.02. The number of nitrogens with one attached hydrogen (secondary N) is 3. The highest BCUT2D eigenvalue weighted by molar-refractivity contribution is 7.80. The standard InChI is InChI=1S/C19H25N3OS/c1-22(15-16-7-4-3-5-8-16)14-6-13-20-19(24)21-17-9-11-18(23-2)12-10-17/h3-5,7-12H,6,13-15H2,1-2H3,(H2,20,21,24)/p+1. The smallest absolute Gasteiger partial charge is 0.170 e. The van der Waals surface area contributed by atoms with Crippen molar-refractivity contribution in [3.8, 4) is 5.75 Å². The van der Waals surface area contributed by atoms with Gasteiger partial charge in [-0.3, -0.25) is 0 Å². The maximum absolute atomic E-state index is 5.32. The van der Waals surface area contributed by atoms with Gasteiger partial charge in [0.05, 0.1) is 20.7 Å². The summed E-state index contributed by atoms with van der Waals surface area (Å²) in [5, 5.41) is 7.09. The van der Waals surface area contributed by atoms with Crippen LogP contribution in [0.15, 0.2) is 54.6 Å². The van der Waals surface area contributed by atoms with Crippen molar-refractivity contribution in [3.05, 3.63) is 60.2 Å². The number of ether oxygens (including phenoxy) is 1. The van der Waals surface area contributed by atoms with Crippen molar-refractivity contribution < 1.29 is 9.64 Å². The molecular weight excluding hydrogens is 318 g/mol. The fourth-order valence-electron chi connectivity index (χ4n) is 2.47. The highest BCUT2D eigenvalue weighted by Gasteiger charge is 2.03. The van der Waals surface area contributed by atoms with Crippen LogP contribution in [0.2, 0.25) is 0 Å². The fourth-order valence-corrected chi connectivity index (χ4v) is 2.69. The number of hydrogen-bond acceptors (Lipinski definition) is 2. The first-order valence-electron chi connectivity index (χ1n) is 8.21. The van der Waals surface area contributed by atoms with Crippen LogP contribution < -0.4 is 20.3 Å². The molecule has 0 heterocycles. The van der Waals surface area contributed by atoms with E-state index in [4.69, 9.17) is 17.0 Å². The molecule has 2 rings (SSSR count). The second-order valence-corrected chi connectivity index (χ2v) is 6.24. The Kier molecular flexibility index (Phi) is 7.52. The molecule has 24 heavy (non-hydrogen) atoms. The normalized spacial score (nSPS) is 11.6. The minimum absolute atomic E-state index is 0.654. The second-order valence-electron chi connectivity index (χ2n) is 5.83. The highest BCUT2D eigenvalue weighted by atomic mass is 32.1. The van der Waals surface area contributed by atoms with Gasteiger partial charge in [0.15, 0.2) is 5.11 Å². The molecule has 1 atom stereocenters. The van der Waals surface area contributed by atoms with Gasteiger partial charge >= 0.3 is 0 Å². The summed E-state index contributed by atoms with van der Waals surface area (Å²) in [7, 11) is 3.88. The van der Waals surface area contributed by atoms with E-state index in [0.29, 0.717) is 5.11 Å². The molecular formula is C19H26N3OS+. The molecule has 4 nitrogen and oxygen atoms in total. The lowest BCUT2D eigenvalue weighted by atomic mass is 10.2. The van der Waals surface area contributed by atoms with Gasteiger partial charge in [-0.05, 0) is 36.5 Å². The first kappa shape index (κ1) is 18.2. The molecule has 0 fully saturated rings. The molecule has 0 spiro atoms. The van der Waals surface area contributed by atoms with Crippen molar-refractivity contribution in [3.63, 3.8) is 0 Å². The number of benzene rings is 2. The van der Waals surface area contributed by atoms with Crippen LogP contribution in [0, 0.1) is 0 Å². The van der Waals surface area contributed by atoms with Crippen molar-refractivity contribution in [2.45, 2.75) is 13.0 Å². The van der Waals surface area contributed by atoms with Gasteiger partial charge in [-0.1, -0.05) is 30.3 Å². The molecule has 128 valence electrons. The maximum atomic E-state index is 5.32. The highest BCUT2D eigenvalue weighted by Crippen LogP contribution is 2.14. The molecule has 3 N–H and O–H groups in total. The Bertz CT molecular complexity index is 616. The van der Waals surface area contributed by atoms with Gasteiger partial charge in [0.25, 0.3) is 0 Å². The van der Waals surface area contributed by atoms with Crippen LogP contribution in [0.1, 0.15) is 12.0 Å². The largest absolute Gasteiger partial charge is 0.497 e. The Balaban J connectivity index is 1.61. The third-order valence-electron chi connectivity index (χ3n) is 3.76. The number of quaternary nitrogens is 1. The Morgan fingerprint density at radius 2 is 1.79 bits per heavy atom. The zero-order valence-corrected chi connectivity index (χ0v) is 15.2. The molecule has 0 bridgehead atoms. The van der Waals surface area contributed by atoms with E-state index >= 15 is 0 Å². The Morgan fingerprint density at radius 3 is 2.46 bits per heavy atom. The molecule has 5 heteroatoms. The van der Waals surface area contributed by atoms with Gasteiger partial charge in [0.1, 0.15) is 12.3 Å². The van der Waals surface area contributed by atoms with E-state index in [1.54, 1.807) is 7.11 Å². The topological polar surface area (TPSA) is 37.7 Å². The average Bonchev–Trinajstić information content (AvgIpc) is 2.60. The molecule has 0 saturated carbocycles. The van der Waals surface area contributed by atoms with E-state index in [1.807, 2.05) is 24.3 Å². The summed E-state index contributed by atoms with van der Waals surface area (Å²) in [5.74, 6) is 0.837. The number of methoxy groups -OCH3 is 1. The molecule has 0 amide bonds. The van der Waals surface area contributed by atoms with E-state index in [1.165, 1.54) is 10.5 Å². The molecule has 0 aliphatic heterocycles. The molecule has 1 unspecified atom stereocenters. The Morgan fingerprint density at radius 1 is 1.08 bits per heavy atom. The van der Waals surface area contributed by atoms with Crippen LogP contribution in [0.5, 0.6) is 5.75 Å². The molecule has 2 aromatic carbocycles. The van der Waals surface area contributed by atoms with Crippen molar-refractivity contribution in [2.24, 2.45) is 0 Å². The van der Waals surface area contributed by atoms with Crippen molar-refractivity contribution in [2.75, 3.05) is 32.6 Å². The summed E-state index contributed by atoms with van der Waals surface area (Å²) >= 11 is 5.32. The Labute approximate surface area is 149 Å². The van der Waals surface area contributed by atoms with Gasteiger partial charge in [0.2, 0.25) is 0 Å². The SMILES string of the molecule is COc1ccc(NC(=S)NCCC[NH+](C)Cc2ccccc2)cc1. The first-order chi connectivity index (χ1) is 11.7. The second kappa shape index (κ2) is 9.90. The molecule has 0 aromatic heterocycles. The summed E-state index contributed by atoms with van der Waals surface area (Å²) in [4.78, 5) is 1.50. The van der Waals surface area contributed by atoms with Crippen LogP contribution in [0.25, 0.3) is 0 Å². The summed E-state index contributed by atoms with van der Waals surface area (Å²) < 4.78 is 5.14. The predicted molar refractivity (Wildman–Crippen MR) is 104 cm³/mol. The number of hydrogen-bond donors (Lipinski definition) is 3. The lowest BCUT2D eigenvalue weighted by molar-refractivity contribution is -0.893. The average molecular weight is 345 g/mol. The third kappa shape index (κ3) is 6.56. The summed E-state index contributed by atoms with van der Waals surface area (Å²) in [6, 6.07) is 18.3. The number of rotatable bonds is 8. The third-order valence-corrected chi connectivity index (χ3v) is 4.01. The zero-order valence-electron chi connectivity index (χ0n) is 14.3. The van der Waals surface area contributed by atoms with E-state index in [2.05, 4.69) is 48.0 Å². The summed E-state index contributed by atoms with van der Waals surface area (Å²) in [6.07, 6.45) is 1.07. The van der Waals surface area contributed by atoms with Gasteiger partial charge < -0.3 is 20.3 Å². The van der Waals surface area contributed by atoms with Crippen LogP contribution >= 0.6 is 12.2 Å². The summed E-state index contributed by atoms with van der Waals surface area (Å²) in [5.41, 5.74) is 2.33. The van der Waals surface area contributed by atoms with Crippen molar-refractivity contribution >= 4 is 23.0 Å². The number of anilines is 1. The molecule has 0 aliphatic rings. The van der Waals surface area contributed by atoms with Crippen LogP contribution in [-0.2, 0) is 6.54 Å². The molecule has 0 aliphatic carbocycles. The van der Waals surface area contributed by atoms with Gasteiger partial charge in [0, 0.05) is 24.2 Å². The quantitative estimate of drug-likeness (QED) is 0.506. The van der Waals surface area contributed by atoms with E-state index in [0.717, 1.165) is 37.5 Å². The van der Waals surface area contributed by atoms with E-state index in [-0.39, 0.29) is 0 Å². The molecule has 2 aromatic rings.